The lowest BCUT2D eigenvalue weighted by atomic mass is 10.2. The number of nitrogens with zero attached hydrogens (tertiary/aromatic N) is 3. The van der Waals surface area contributed by atoms with Gasteiger partial charge in [-0.2, -0.15) is 5.10 Å². The zero-order valence-electron chi connectivity index (χ0n) is 8.65. The summed E-state index contributed by atoms with van der Waals surface area (Å²) in [6.45, 7) is 2.50. The van der Waals surface area contributed by atoms with E-state index in [1.54, 1.807) is 12.1 Å². The van der Waals surface area contributed by atoms with E-state index >= 15 is 0 Å². The Balaban J connectivity index is 2.00. The molecule has 0 aliphatic carbocycles. The van der Waals surface area contributed by atoms with Crippen molar-refractivity contribution < 1.29 is 4.39 Å². The van der Waals surface area contributed by atoms with Gasteiger partial charge in [0.15, 0.2) is 5.82 Å². The maximum Gasteiger partial charge on any atom is 0.181 e. The molecule has 1 N–H and O–H groups in total. The van der Waals surface area contributed by atoms with Gasteiger partial charge in [0.1, 0.15) is 11.6 Å². The molecular weight excluding hydrogens is 207 g/mol. The van der Waals surface area contributed by atoms with E-state index in [9.17, 15) is 4.39 Å². The van der Waals surface area contributed by atoms with Crippen LogP contribution in [0.1, 0.15) is 5.82 Å². The van der Waals surface area contributed by atoms with Crippen molar-refractivity contribution in [3.8, 4) is 11.4 Å². The summed E-state index contributed by atoms with van der Waals surface area (Å²) >= 11 is 0. The minimum absolute atomic E-state index is 0.241. The predicted molar refractivity (Wildman–Crippen MR) is 57.1 cm³/mol. The summed E-state index contributed by atoms with van der Waals surface area (Å²) in [6, 6.07) is 6.25. The second kappa shape index (κ2) is 3.68. The maximum absolute atomic E-state index is 12.8. The smallest absolute Gasteiger partial charge is 0.181 e. The molecule has 2 aromatic rings. The molecule has 1 aliphatic heterocycles. The predicted octanol–water partition coefficient (Wildman–Crippen LogP) is 1.19. The van der Waals surface area contributed by atoms with Crippen LogP contribution >= 0.6 is 0 Å². The molecule has 82 valence electrons. The zero-order valence-corrected chi connectivity index (χ0v) is 8.65. The van der Waals surface area contributed by atoms with E-state index < -0.39 is 0 Å². The van der Waals surface area contributed by atoms with Crippen LogP contribution in [0, 0.1) is 5.82 Å². The molecule has 2 heterocycles. The number of benzene rings is 1. The molecule has 0 saturated carbocycles. The van der Waals surface area contributed by atoms with Gasteiger partial charge < -0.3 is 5.32 Å². The van der Waals surface area contributed by atoms with Crippen LogP contribution in [0.25, 0.3) is 11.4 Å². The normalized spacial score (nSPS) is 14.8. The van der Waals surface area contributed by atoms with Crippen LogP contribution < -0.4 is 5.32 Å². The molecule has 3 rings (SSSR count). The molecule has 0 spiro atoms. The molecule has 5 heteroatoms. The summed E-state index contributed by atoms with van der Waals surface area (Å²) in [6.07, 6.45) is 0. The van der Waals surface area contributed by atoms with Gasteiger partial charge >= 0.3 is 0 Å². The van der Waals surface area contributed by atoms with Gasteiger partial charge in [0, 0.05) is 12.1 Å². The highest BCUT2D eigenvalue weighted by molar-refractivity contribution is 5.54. The van der Waals surface area contributed by atoms with Crippen LogP contribution in [-0.2, 0) is 13.1 Å². The number of halogens is 1. The van der Waals surface area contributed by atoms with Gasteiger partial charge in [0.25, 0.3) is 0 Å². The third-order valence-corrected chi connectivity index (χ3v) is 2.63. The molecule has 0 amide bonds. The van der Waals surface area contributed by atoms with Crippen LogP contribution in [0.3, 0.4) is 0 Å². The van der Waals surface area contributed by atoms with Gasteiger partial charge in [-0.15, -0.1) is 0 Å². The fraction of sp³-hybridized carbons (Fsp3) is 0.273. The van der Waals surface area contributed by atoms with Crippen molar-refractivity contribution in [2.24, 2.45) is 0 Å². The second-order valence-corrected chi connectivity index (χ2v) is 3.76. The fourth-order valence-electron chi connectivity index (χ4n) is 1.79. The van der Waals surface area contributed by atoms with Crippen molar-refractivity contribution in [2.75, 3.05) is 6.54 Å². The molecule has 1 aromatic heterocycles. The first-order valence-corrected chi connectivity index (χ1v) is 5.23. The largest absolute Gasteiger partial charge is 0.308 e. The minimum Gasteiger partial charge on any atom is -0.308 e. The summed E-state index contributed by atoms with van der Waals surface area (Å²) in [5, 5.41) is 7.63. The molecule has 16 heavy (non-hydrogen) atoms. The van der Waals surface area contributed by atoms with E-state index in [2.05, 4.69) is 15.4 Å². The van der Waals surface area contributed by atoms with Gasteiger partial charge in [-0.3, -0.25) is 0 Å². The van der Waals surface area contributed by atoms with E-state index in [0.717, 1.165) is 31.0 Å². The fourth-order valence-corrected chi connectivity index (χ4v) is 1.79. The van der Waals surface area contributed by atoms with Gasteiger partial charge in [-0.1, -0.05) is 0 Å². The Bertz CT molecular complexity index is 480. The van der Waals surface area contributed by atoms with E-state index in [-0.39, 0.29) is 5.82 Å². The Morgan fingerprint density at radius 1 is 1.25 bits per heavy atom. The Hall–Kier alpha value is -1.75. The van der Waals surface area contributed by atoms with Gasteiger partial charge in [-0.25, -0.2) is 14.1 Å². The molecular formula is C11H11FN4. The Morgan fingerprint density at radius 3 is 2.81 bits per heavy atom. The third-order valence-electron chi connectivity index (χ3n) is 2.63. The van der Waals surface area contributed by atoms with Crippen molar-refractivity contribution in [3.63, 3.8) is 0 Å². The number of aromatic nitrogens is 3. The number of nitrogens with one attached hydrogen (secondary N) is 1. The Labute approximate surface area is 92.1 Å². The van der Waals surface area contributed by atoms with Crippen LogP contribution in [-0.4, -0.2) is 21.3 Å². The molecule has 0 atom stereocenters. The van der Waals surface area contributed by atoms with Crippen molar-refractivity contribution in [1.82, 2.24) is 20.1 Å². The third kappa shape index (κ3) is 1.59. The molecule has 0 radical (unpaired) electrons. The number of rotatable bonds is 1. The molecule has 1 aliphatic rings. The summed E-state index contributed by atoms with van der Waals surface area (Å²) < 4.78 is 14.7. The highest BCUT2D eigenvalue weighted by Gasteiger charge is 2.14. The van der Waals surface area contributed by atoms with Crippen LogP contribution in [0.5, 0.6) is 0 Å². The highest BCUT2D eigenvalue weighted by atomic mass is 19.1. The van der Waals surface area contributed by atoms with Crippen LogP contribution in [0.4, 0.5) is 4.39 Å². The van der Waals surface area contributed by atoms with Crippen LogP contribution in [0.15, 0.2) is 24.3 Å². The Morgan fingerprint density at radius 2 is 2.06 bits per heavy atom. The molecule has 0 unspecified atom stereocenters. The van der Waals surface area contributed by atoms with Crippen molar-refractivity contribution in [1.29, 1.82) is 0 Å². The summed E-state index contributed by atoms with van der Waals surface area (Å²) in [4.78, 5) is 4.42. The lowest BCUT2D eigenvalue weighted by Crippen LogP contribution is -2.28. The lowest BCUT2D eigenvalue weighted by molar-refractivity contribution is 0.469. The first-order valence-electron chi connectivity index (χ1n) is 5.23. The number of fused-ring (bicyclic) bond motifs is 1. The average Bonchev–Trinajstić information content (AvgIpc) is 2.73. The number of hydrogen-bond acceptors (Lipinski definition) is 3. The zero-order chi connectivity index (χ0) is 11.0. The second-order valence-electron chi connectivity index (χ2n) is 3.76. The minimum atomic E-state index is -0.241. The maximum atomic E-state index is 12.8. The average molecular weight is 218 g/mol. The van der Waals surface area contributed by atoms with E-state index in [1.807, 2.05) is 4.68 Å². The highest BCUT2D eigenvalue weighted by Crippen LogP contribution is 2.16. The molecule has 0 fully saturated rings. The quantitative estimate of drug-likeness (QED) is 0.781. The molecule has 0 bridgehead atoms. The SMILES string of the molecule is Fc1ccc(-c2nc3n(n2)CCNC3)cc1. The van der Waals surface area contributed by atoms with Crippen LogP contribution in [0.2, 0.25) is 0 Å². The van der Waals surface area contributed by atoms with Gasteiger partial charge in [0.2, 0.25) is 0 Å². The van der Waals surface area contributed by atoms with Crippen molar-refractivity contribution >= 4 is 0 Å². The van der Waals surface area contributed by atoms with Crippen molar-refractivity contribution in [3.05, 3.63) is 35.9 Å². The Kier molecular flexibility index (Phi) is 2.18. The number of hydrogen-bond donors (Lipinski definition) is 1. The molecule has 0 saturated heterocycles. The summed E-state index contributed by atoms with van der Waals surface area (Å²) in [5.41, 5.74) is 0.850. The van der Waals surface area contributed by atoms with E-state index in [1.165, 1.54) is 12.1 Å². The monoisotopic (exact) mass is 218 g/mol. The molecule has 4 nitrogen and oxygen atoms in total. The molecule has 1 aromatic carbocycles. The van der Waals surface area contributed by atoms with Gasteiger partial charge in [0.05, 0.1) is 13.1 Å². The first kappa shape index (κ1) is 9.47. The standard InChI is InChI=1S/C11H11FN4/c12-9-3-1-8(2-4-9)11-14-10-7-13-5-6-16(10)15-11/h1-4,13H,5-7H2. The van der Waals surface area contributed by atoms with E-state index in [0.29, 0.717) is 5.82 Å². The topological polar surface area (TPSA) is 42.7 Å². The summed E-state index contributed by atoms with van der Waals surface area (Å²) in [7, 11) is 0. The van der Waals surface area contributed by atoms with Crippen molar-refractivity contribution in [2.45, 2.75) is 13.1 Å². The first-order chi connectivity index (χ1) is 7.83. The van der Waals surface area contributed by atoms with E-state index in [4.69, 9.17) is 0 Å². The summed E-state index contributed by atoms with van der Waals surface area (Å²) in [5.74, 6) is 1.36. The van der Waals surface area contributed by atoms with Gasteiger partial charge in [-0.05, 0) is 24.3 Å². The lowest BCUT2D eigenvalue weighted by Gasteiger charge is -2.11.